The molecule has 4 nitrogen and oxygen atoms in total. The van der Waals surface area contributed by atoms with Gasteiger partial charge in [0.25, 0.3) is 0 Å². The van der Waals surface area contributed by atoms with Gasteiger partial charge in [-0.05, 0) is 24.7 Å². The van der Waals surface area contributed by atoms with E-state index in [4.69, 9.17) is 0 Å². The van der Waals surface area contributed by atoms with Crippen LogP contribution in [-0.2, 0) is 0 Å². The number of hydrogen-bond donors (Lipinski definition) is 1. The SMILES string of the molecule is CN1CCN(CC(=O)c2ccc[nH]2)C(c2ccccc2)C1. The molecule has 0 aliphatic carbocycles. The number of piperazine rings is 1. The second-order valence-corrected chi connectivity index (χ2v) is 5.67. The average Bonchev–Trinajstić information content (AvgIpc) is 3.04. The minimum Gasteiger partial charge on any atom is -0.359 e. The third-order valence-electron chi connectivity index (χ3n) is 4.12. The second kappa shape index (κ2) is 6.24. The van der Waals surface area contributed by atoms with Crippen molar-refractivity contribution in [3.8, 4) is 0 Å². The first-order valence-corrected chi connectivity index (χ1v) is 7.38. The fourth-order valence-corrected chi connectivity index (χ4v) is 2.91. The lowest BCUT2D eigenvalue weighted by Crippen LogP contribution is -2.48. The summed E-state index contributed by atoms with van der Waals surface area (Å²) in [6, 6.07) is 14.5. The van der Waals surface area contributed by atoms with Crippen LogP contribution in [0.5, 0.6) is 0 Å². The molecule has 1 aliphatic rings. The van der Waals surface area contributed by atoms with E-state index in [1.807, 2.05) is 18.2 Å². The normalized spacial score (nSPS) is 20.5. The zero-order valence-corrected chi connectivity index (χ0v) is 12.3. The number of aromatic nitrogens is 1. The molecule has 110 valence electrons. The van der Waals surface area contributed by atoms with Gasteiger partial charge in [-0.2, -0.15) is 0 Å². The van der Waals surface area contributed by atoms with Crippen molar-refractivity contribution in [3.63, 3.8) is 0 Å². The number of benzene rings is 1. The summed E-state index contributed by atoms with van der Waals surface area (Å²) in [4.78, 5) is 20.0. The maximum Gasteiger partial charge on any atom is 0.192 e. The van der Waals surface area contributed by atoms with Crippen LogP contribution in [-0.4, -0.2) is 53.8 Å². The summed E-state index contributed by atoms with van der Waals surface area (Å²) in [7, 11) is 2.14. The molecule has 21 heavy (non-hydrogen) atoms. The molecular weight excluding hydrogens is 262 g/mol. The molecule has 1 saturated heterocycles. The minimum atomic E-state index is 0.158. The van der Waals surface area contributed by atoms with E-state index in [9.17, 15) is 4.79 Å². The highest BCUT2D eigenvalue weighted by Crippen LogP contribution is 2.24. The van der Waals surface area contributed by atoms with E-state index in [0.29, 0.717) is 12.2 Å². The third kappa shape index (κ3) is 3.23. The Kier molecular flexibility index (Phi) is 4.18. The Bertz CT molecular complexity index is 579. The highest BCUT2D eigenvalue weighted by Gasteiger charge is 2.28. The number of H-pyrrole nitrogens is 1. The molecule has 0 radical (unpaired) electrons. The highest BCUT2D eigenvalue weighted by atomic mass is 16.1. The van der Waals surface area contributed by atoms with Crippen LogP contribution in [0.3, 0.4) is 0 Å². The Balaban J connectivity index is 1.77. The Morgan fingerprint density at radius 2 is 2.00 bits per heavy atom. The zero-order valence-electron chi connectivity index (χ0n) is 12.3. The molecule has 1 unspecified atom stereocenters. The fraction of sp³-hybridized carbons (Fsp3) is 0.353. The van der Waals surface area contributed by atoms with Crippen molar-refractivity contribution in [3.05, 3.63) is 59.9 Å². The van der Waals surface area contributed by atoms with Gasteiger partial charge in [0.15, 0.2) is 5.78 Å². The van der Waals surface area contributed by atoms with Gasteiger partial charge in [0.2, 0.25) is 0 Å². The van der Waals surface area contributed by atoms with Gasteiger partial charge in [0.1, 0.15) is 0 Å². The molecule has 2 heterocycles. The first-order valence-electron chi connectivity index (χ1n) is 7.38. The van der Waals surface area contributed by atoms with Gasteiger partial charge in [-0.25, -0.2) is 0 Å². The summed E-state index contributed by atoms with van der Waals surface area (Å²) in [5.74, 6) is 0.158. The van der Waals surface area contributed by atoms with E-state index in [2.05, 4.69) is 46.1 Å². The molecule has 1 aliphatic heterocycles. The largest absolute Gasteiger partial charge is 0.359 e. The Labute approximate surface area is 125 Å². The Hall–Kier alpha value is -1.91. The van der Waals surface area contributed by atoms with Crippen LogP contribution in [0, 0.1) is 0 Å². The van der Waals surface area contributed by atoms with Crippen molar-refractivity contribution in [1.82, 2.24) is 14.8 Å². The quantitative estimate of drug-likeness (QED) is 0.874. The van der Waals surface area contributed by atoms with Gasteiger partial charge < -0.3 is 9.88 Å². The van der Waals surface area contributed by atoms with E-state index in [0.717, 1.165) is 19.6 Å². The molecule has 1 aromatic heterocycles. The molecule has 1 N–H and O–H groups in total. The molecule has 4 heteroatoms. The summed E-state index contributed by atoms with van der Waals surface area (Å²) < 4.78 is 0. The second-order valence-electron chi connectivity index (χ2n) is 5.67. The highest BCUT2D eigenvalue weighted by molar-refractivity contribution is 5.95. The lowest BCUT2D eigenvalue weighted by Gasteiger charge is -2.39. The van der Waals surface area contributed by atoms with Crippen molar-refractivity contribution in [1.29, 1.82) is 0 Å². The summed E-state index contributed by atoms with van der Waals surface area (Å²) in [6.07, 6.45) is 1.80. The molecule has 1 aromatic carbocycles. The topological polar surface area (TPSA) is 39.3 Å². The van der Waals surface area contributed by atoms with Crippen LogP contribution in [0.1, 0.15) is 22.1 Å². The summed E-state index contributed by atoms with van der Waals surface area (Å²) in [5, 5.41) is 0. The number of Topliss-reactive ketones (excluding diaryl/α,β-unsaturated/α-hetero) is 1. The van der Waals surface area contributed by atoms with Crippen molar-refractivity contribution in [2.24, 2.45) is 0 Å². The van der Waals surface area contributed by atoms with Crippen molar-refractivity contribution in [2.75, 3.05) is 33.2 Å². The molecule has 0 saturated carbocycles. The molecule has 1 fully saturated rings. The van der Waals surface area contributed by atoms with E-state index in [-0.39, 0.29) is 11.8 Å². The van der Waals surface area contributed by atoms with E-state index in [1.54, 1.807) is 6.20 Å². The predicted molar refractivity (Wildman–Crippen MR) is 83.4 cm³/mol. The van der Waals surface area contributed by atoms with Gasteiger partial charge in [-0.15, -0.1) is 0 Å². The van der Waals surface area contributed by atoms with Crippen LogP contribution >= 0.6 is 0 Å². The van der Waals surface area contributed by atoms with Crippen LogP contribution in [0.4, 0.5) is 0 Å². The lowest BCUT2D eigenvalue weighted by molar-refractivity contribution is 0.0700. The van der Waals surface area contributed by atoms with Crippen LogP contribution in [0.25, 0.3) is 0 Å². The smallest absolute Gasteiger partial charge is 0.192 e. The number of carbonyl (C=O) groups is 1. The number of hydrogen-bond acceptors (Lipinski definition) is 3. The number of rotatable bonds is 4. The van der Waals surface area contributed by atoms with Crippen LogP contribution in [0.15, 0.2) is 48.7 Å². The molecule has 1 atom stereocenters. The molecule has 0 spiro atoms. The van der Waals surface area contributed by atoms with Gasteiger partial charge in [0, 0.05) is 31.9 Å². The number of ketones is 1. The van der Waals surface area contributed by atoms with Gasteiger partial charge in [0.05, 0.1) is 12.2 Å². The maximum absolute atomic E-state index is 12.3. The number of aromatic amines is 1. The predicted octanol–water partition coefficient (Wildman–Crippen LogP) is 2.19. The summed E-state index contributed by atoms with van der Waals surface area (Å²) >= 11 is 0. The average molecular weight is 283 g/mol. The van der Waals surface area contributed by atoms with Gasteiger partial charge >= 0.3 is 0 Å². The minimum absolute atomic E-state index is 0.158. The van der Waals surface area contributed by atoms with Crippen LogP contribution in [0.2, 0.25) is 0 Å². The van der Waals surface area contributed by atoms with Crippen molar-refractivity contribution in [2.45, 2.75) is 6.04 Å². The molecule has 0 amide bonds. The number of nitrogens with one attached hydrogen (secondary N) is 1. The lowest BCUT2D eigenvalue weighted by atomic mass is 10.0. The number of nitrogens with zero attached hydrogens (tertiary/aromatic N) is 2. The van der Waals surface area contributed by atoms with E-state index < -0.39 is 0 Å². The van der Waals surface area contributed by atoms with Crippen molar-refractivity contribution < 1.29 is 4.79 Å². The van der Waals surface area contributed by atoms with Crippen LogP contribution < -0.4 is 0 Å². The third-order valence-corrected chi connectivity index (χ3v) is 4.12. The Morgan fingerprint density at radius 1 is 1.19 bits per heavy atom. The zero-order chi connectivity index (χ0) is 14.7. The molecular formula is C17H21N3O. The summed E-state index contributed by atoms with van der Waals surface area (Å²) in [5.41, 5.74) is 1.98. The van der Waals surface area contributed by atoms with E-state index >= 15 is 0 Å². The first kappa shape index (κ1) is 14.0. The number of carbonyl (C=O) groups excluding carboxylic acids is 1. The van der Waals surface area contributed by atoms with Crippen molar-refractivity contribution >= 4 is 5.78 Å². The van der Waals surface area contributed by atoms with E-state index in [1.165, 1.54) is 5.56 Å². The number of likely N-dealkylation sites (N-methyl/N-ethyl adjacent to an activating group) is 1. The molecule has 2 aromatic rings. The monoisotopic (exact) mass is 283 g/mol. The molecule has 0 bridgehead atoms. The van der Waals surface area contributed by atoms with Gasteiger partial charge in [-0.3, -0.25) is 9.69 Å². The maximum atomic E-state index is 12.3. The Morgan fingerprint density at radius 3 is 2.71 bits per heavy atom. The standard InChI is InChI=1S/C17H21N3O/c1-19-10-11-20(13-17(21)15-8-5-9-18-15)16(12-19)14-6-3-2-4-7-14/h2-9,16,18H,10-13H2,1H3. The fourth-order valence-electron chi connectivity index (χ4n) is 2.91. The van der Waals surface area contributed by atoms with Gasteiger partial charge in [-0.1, -0.05) is 30.3 Å². The summed E-state index contributed by atoms with van der Waals surface area (Å²) in [6.45, 7) is 3.35. The first-order chi connectivity index (χ1) is 10.2. The molecule has 3 rings (SSSR count).